The number of benzene rings is 9. The Kier molecular flexibility index (Phi) is 7.56. The molecule has 0 aliphatic heterocycles. The van der Waals surface area contributed by atoms with Crippen LogP contribution in [0.15, 0.2) is 200 Å². The Bertz CT molecular complexity index is 2840. The van der Waals surface area contributed by atoms with Crippen molar-refractivity contribution in [2.45, 2.75) is 19.3 Å². The molecule has 1 aliphatic rings. The zero-order valence-corrected chi connectivity index (χ0v) is 30.5. The molecule has 1 heteroatoms. The summed E-state index contributed by atoms with van der Waals surface area (Å²) in [5, 5.41) is 5.04. The normalized spacial score (nSPS) is 12.8. The van der Waals surface area contributed by atoms with Gasteiger partial charge in [-0.3, -0.25) is 0 Å². The molecule has 0 amide bonds. The van der Waals surface area contributed by atoms with Gasteiger partial charge >= 0.3 is 0 Å². The van der Waals surface area contributed by atoms with Gasteiger partial charge in [-0.05, 0) is 126 Å². The molecule has 256 valence electrons. The molecule has 0 saturated carbocycles. The van der Waals surface area contributed by atoms with Crippen molar-refractivity contribution in [2.75, 3.05) is 4.90 Å². The summed E-state index contributed by atoms with van der Waals surface area (Å²) in [5.74, 6) is 0. The van der Waals surface area contributed by atoms with Crippen molar-refractivity contribution in [3.05, 3.63) is 211 Å². The standard InChI is InChI=1S/C53H39N/c1-53(2)51-20-8-7-18-49(51)50-32-31-46(35-52(50)53)54(45-29-25-39(26-30-45)48-19-10-14-38-12-5-6-17-47(38)48)44-27-23-37(24-28-44)41-15-9-16-42(33-41)43-22-21-36-11-3-4-13-40(36)34-43/h3-35H,1-2H3. The average Bonchev–Trinajstić information content (AvgIpc) is 3.46. The minimum absolute atomic E-state index is 0.0915. The van der Waals surface area contributed by atoms with E-state index < -0.39 is 0 Å². The highest BCUT2D eigenvalue weighted by Gasteiger charge is 2.35. The van der Waals surface area contributed by atoms with E-state index in [1.807, 2.05) is 0 Å². The second-order valence-corrected chi connectivity index (χ2v) is 15.0. The Balaban J connectivity index is 1.05. The van der Waals surface area contributed by atoms with E-state index in [1.54, 1.807) is 0 Å². The van der Waals surface area contributed by atoms with Gasteiger partial charge in [0.1, 0.15) is 0 Å². The Morgan fingerprint density at radius 3 is 1.65 bits per heavy atom. The summed E-state index contributed by atoms with van der Waals surface area (Å²) in [6.07, 6.45) is 0. The van der Waals surface area contributed by atoms with Gasteiger partial charge in [-0.15, -0.1) is 0 Å². The SMILES string of the molecule is CC1(C)c2ccccc2-c2ccc(N(c3ccc(-c4cccc(-c5ccc6ccccc6c5)c4)cc3)c3ccc(-c4cccc5ccccc45)cc3)cc21. The van der Waals surface area contributed by atoms with E-state index in [4.69, 9.17) is 0 Å². The molecule has 0 N–H and O–H groups in total. The van der Waals surface area contributed by atoms with Crippen molar-refractivity contribution in [1.29, 1.82) is 0 Å². The van der Waals surface area contributed by atoms with Gasteiger partial charge in [0.15, 0.2) is 0 Å². The van der Waals surface area contributed by atoms with Gasteiger partial charge in [-0.1, -0.05) is 166 Å². The molecule has 0 atom stereocenters. The summed E-state index contributed by atoms with van der Waals surface area (Å²) in [7, 11) is 0. The van der Waals surface area contributed by atoms with E-state index in [0.717, 1.165) is 17.1 Å². The van der Waals surface area contributed by atoms with Crippen molar-refractivity contribution in [1.82, 2.24) is 0 Å². The Morgan fingerprint density at radius 2 is 0.852 bits per heavy atom. The Morgan fingerprint density at radius 1 is 0.315 bits per heavy atom. The number of fused-ring (bicyclic) bond motifs is 5. The third-order valence-electron chi connectivity index (χ3n) is 11.5. The van der Waals surface area contributed by atoms with Crippen LogP contribution < -0.4 is 4.90 Å². The molecule has 0 heterocycles. The van der Waals surface area contributed by atoms with Crippen LogP contribution in [0, 0.1) is 0 Å². The predicted octanol–water partition coefficient (Wildman–Crippen LogP) is 14.8. The molecule has 0 unspecified atom stereocenters. The van der Waals surface area contributed by atoms with Crippen LogP contribution in [0.25, 0.3) is 66.1 Å². The zero-order valence-electron chi connectivity index (χ0n) is 30.5. The number of rotatable bonds is 6. The summed E-state index contributed by atoms with van der Waals surface area (Å²) in [4.78, 5) is 2.40. The Labute approximate surface area is 317 Å². The maximum atomic E-state index is 2.41. The molecule has 1 aliphatic carbocycles. The number of hydrogen-bond donors (Lipinski definition) is 0. The topological polar surface area (TPSA) is 3.24 Å². The summed E-state index contributed by atoms with van der Waals surface area (Å²) >= 11 is 0. The van der Waals surface area contributed by atoms with Gasteiger partial charge in [-0.25, -0.2) is 0 Å². The van der Waals surface area contributed by atoms with E-state index >= 15 is 0 Å². The van der Waals surface area contributed by atoms with Crippen LogP contribution in [0.5, 0.6) is 0 Å². The number of hydrogen-bond acceptors (Lipinski definition) is 1. The smallest absolute Gasteiger partial charge is 0.0465 e. The third kappa shape index (κ3) is 5.40. The van der Waals surface area contributed by atoms with Crippen molar-refractivity contribution in [3.8, 4) is 44.5 Å². The summed E-state index contributed by atoms with van der Waals surface area (Å²) in [5.41, 5.74) is 16.0. The molecule has 9 aromatic rings. The minimum Gasteiger partial charge on any atom is -0.310 e. The molecular weight excluding hydrogens is 651 g/mol. The van der Waals surface area contributed by atoms with Gasteiger partial charge < -0.3 is 4.90 Å². The summed E-state index contributed by atoms with van der Waals surface area (Å²) in [6, 6.07) is 73.4. The maximum absolute atomic E-state index is 2.41. The first-order valence-electron chi connectivity index (χ1n) is 18.8. The first kappa shape index (κ1) is 32.0. The van der Waals surface area contributed by atoms with E-state index in [-0.39, 0.29) is 5.41 Å². The molecule has 10 rings (SSSR count). The second kappa shape index (κ2) is 12.8. The monoisotopic (exact) mass is 689 g/mol. The molecule has 1 nitrogen and oxygen atoms in total. The largest absolute Gasteiger partial charge is 0.310 e. The van der Waals surface area contributed by atoms with Crippen molar-refractivity contribution >= 4 is 38.6 Å². The van der Waals surface area contributed by atoms with Crippen LogP contribution in [0.1, 0.15) is 25.0 Å². The van der Waals surface area contributed by atoms with Gasteiger partial charge in [0.25, 0.3) is 0 Å². The highest BCUT2D eigenvalue weighted by Crippen LogP contribution is 2.50. The van der Waals surface area contributed by atoms with Crippen LogP contribution in [-0.4, -0.2) is 0 Å². The van der Waals surface area contributed by atoms with Crippen LogP contribution in [0.4, 0.5) is 17.1 Å². The van der Waals surface area contributed by atoms with Gasteiger partial charge in [0.05, 0.1) is 0 Å². The lowest BCUT2D eigenvalue weighted by Gasteiger charge is -2.28. The number of anilines is 3. The number of nitrogens with zero attached hydrogens (tertiary/aromatic N) is 1. The molecule has 0 bridgehead atoms. The van der Waals surface area contributed by atoms with Gasteiger partial charge in [-0.2, -0.15) is 0 Å². The van der Waals surface area contributed by atoms with Crippen LogP contribution in [-0.2, 0) is 5.41 Å². The van der Waals surface area contributed by atoms with E-state index in [0.29, 0.717) is 0 Å². The quantitative estimate of drug-likeness (QED) is 0.168. The van der Waals surface area contributed by atoms with Crippen molar-refractivity contribution < 1.29 is 0 Å². The van der Waals surface area contributed by atoms with Crippen LogP contribution in [0.2, 0.25) is 0 Å². The molecule has 0 fully saturated rings. The second-order valence-electron chi connectivity index (χ2n) is 15.0. The average molecular weight is 690 g/mol. The maximum Gasteiger partial charge on any atom is 0.0465 e. The molecule has 9 aromatic carbocycles. The zero-order chi connectivity index (χ0) is 36.2. The highest BCUT2D eigenvalue weighted by atomic mass is 15.1. The van der Waals surface area contributed by atoms with Gasteiger partial charge in [0.2, 0.25) is 0 Å². The molecule has 0 radical (unpaired) electrons. The fraction of sp³-hybridized carbons (Fsp3) is 0.0566. The van der Waals surface area contributed by atoms with Crippen LogP contribution >= 0.6 is 0 Å². The molecular formula is C53H39N. The molecule has 54 heavy (non-hydrogen) atoms. The first-order chi connectivity index (χ1) is 26.5. The van der Waals surface area contributed by atoms with Crippen LogP contribution in [0.3, 0.4) is 0 Å². The summed E-state index contributed by atoms with van der Waals surface area (Å²) < 4.78 is 0. The Hall–Kier alpha value is -6.70. The molecule has 0 saturated heterocycles. The van der Waals surface area contributed by atoms with E-state index in [2.05, 4.69) is 219 Å². The molecule has 0 aromatic heterocycles. The van der Waals surface area contributed by atoms with Crippen molar-refractivity contribution in [2.24, 2.45) is 0 Å². The highest BCUT2D eigenvalue weighted by molar-refractivity contribution is 5.97. The molecule has 0 spiro atoms. The predicted molar refractivity (Wildman–Crippen MR) is 230 cm³/mol. The first-order valence-corrected chi connectivity index (χ1v) is 18.8. The fourth-order valence-corrected chi connectivity index (χ4v) is 8.60. The summed E-state index contributed by atoms with van der Waals surface area (Å²) in [6.45, 7) is 4.71. The fourth-order valence-electron chi connectivity index (χ4n) is 8.60. The van der Waals surface area contributed by atoms with E-state index in [1.165, 1.54) is 77.2 Å². The van der Waals surface area contributed by atoms with Crippen molar-refractivity contribution in [3.63, 3.8) is 0 Å². The minimum atomic E-state index is -0.0915. The third-order valence-corrected chi connectivity index (χ3v) is 11.5. The lowest BCUT2D eigenvalue weighted by molar-refractivity contribution is 0.660. The van der Waals surface area contributed by atoms with Gasteiger partial charge in [0, 0.05) is 22.5 Å². The lowest BCUT2D eigenvalue weighted by Crippen LogP contribution is -2.16. The lowest BCUT2D eigenvalue weighted by atomic mass is 9.82. The van der Waals surface area contributed by atoms with E-state index in [9.17, 15) is 0 Å².